The van der Waals surface area contributed by atoms with Gasteiger partial charge in [0.25, 0.3) is 11.8 Å². The maximum Gasteiger partial charge on any atom is 0.344 e. The van der Waals surface area contributed by atoms with Gasteiger partial charge < -0.3 is 44.7 Å². The average Bonchev–Trinajstić information content (AvgIpc) is 3.15. The number of nitrogens with two attached hydrogens (primary N) is 1. The molecule has 0 radical (unpaired) electrons. The molecule has 13 nitrogen and oxygen atoms in total. The number of para-hydroxylation sites is 1. The van der Waals surface area contributed by atoms with Crippen molar-refractivity contribution in [1.29, 1.82) is 0 Å². The number of aryl methyl sites for hydroxylation is 1. The van der Waals surface area contributed by atoms with Gasteiger partial charge in [0.1, 0.15) is 17.2 Å². The number of hydrogen-bond donors (Lipinski definition) is 2. The third-order valence-corrected chi connectivity index (χ3v) is 8.80. The van der Waals surface area contributed by atoms with Gasteiger partial charge in [0, 0.05) is 45.2 Å². The molecule has 1 heterocycles. The molecule has 53 heavy (non-hydrogen) atoms. The van der Waals surface area contributed by atoms with Crippen LogP contribution >= 0.6 is 0 Å². The summed E-state index contributed by atoms with van der Waals surface area (Å²) >= 11 is 0. The zero-order valence-corrected chi connectivity index (χ0v) is 31.4. The van der Waals surface area contributed by atoms with Crippen LogP contribution in [0.1, 0.15) is 65.3 Å². The van der Waals surface area contributed by atoms with Crippen LogP contribution in [0.15, 0.2) is 60.7 Å². The van der Waals surface area contributed by atoms with E-state index in [-0.39, 0.29) is 35.4 Å². The number of ether oxygens (including phenoxy) is 4. The molecule has 1 aliphatic rings. The number of unbranched alkanes of at least 4 members (excludes halogenated alkanes) is 2. The lowest BCUT2D eigenvalue weighted by atomic mass is 10.1. The highest BCUT2D eigenvalue weighted by molar-refractivity contribution is 6.09. The molecule has 1 saturated heterocycles. The first-order valence-electron chi connectivity index (χ1n) is 18.2. The number of amides is 3. The molecule has 286 valence electrons. The number of rotatable bonds is 19. The van der Waals surface area contributed by atoms with Crippen LogP contribution in [0, 0.1) is 6.92 Å². The minimum atomic E-state index is -0.597. The Bertz CT molecular complexity index is 1690. The Morgan fingerprint density at radius 1 is 0.830 bits per heavy atom. The maximum absolute atomic E-state index is 13.9. The van der Waals surface area contributed by atoms with Gasteiger partial charge in [-0.25, -0.2) is 4.79 Å². The van der Waals surface area contributed by atoms with E-state index >= 15 is 0 Å². The summed E-state index contributed by atoms with van der Waals surface area (Å²) in [6.45, 7) is 8.01. The van der Waals surface area contributed by atoms with E-state index < -0.39 is 18.5 Å². The third kappa shape index (κ3) is 12.2. The molecule has 0 unspecified atom stereocenters. The Labute approximate surface area is 312 Å². The van der Waals surface area contributed by atoms with Gasteiger partial charge in [-0.3, -0.25) is 14.4 Å². The van der Waals surface area contributed by atoms with E-state index in [1.165, 1.54) is 11.0 Å². The zero-order chi connectivity index (χ0) is 38.2. The Balaban J connectivity index is 1.43. The molecule has 13 heteroatoms. The molecule has 0 bridgehead atoms. The van der Waals surface area contributed by atoms with Gasteiger partial charge in [-0.05, 0) is 101 Å². The first kappa shape index (κ1) is 40.6. The van der Waals surface area contributed by atoms with Gasteiger partial charge >= 0.3 is 5.97 Å². The second-order valence-corrected chi connectivity index (χ2v) is 12.9. The van der Waals surface area contributed by atoms with E-state index in [4.69, 9.17) is 24.7 Å². The largest absolute Gasteiger partial charge is 0.493 e. The van der Waals surface area contributed by atoms with Gasteiger partial charge in [-0.2, -0.15) is 0 Å². The minimum Gasteiger partial charge on any atom is -0.493 e. The molecule has 1 aliphatic heterocycles. The van der Waals surface area contributed by atoms with E-state index in [1.807, 2.05) is 30.0 Å². The van der Waals surface area contributed by atoms with Crippen molar-refractivity contribution < 1.29 is 38.1 Å². The highest BCUT2D eigenvalue weighted by Gasteiger charge is 2.22. The number of anilines is 2. The summed E-state index contributed by atoms with van der Waals surface area (Å²) in [5, 5.41) is 2.83. The number of likely N-dealkylation sites (N-methyl/N-ethyl adjacent to an activating group) is 1. The van der Waals surface area contributed by atoms with Crippen molar-refractivity contribution in [1.82, 2.24) is 9.80 Å². The summed E-state index contributed by atoms with van der Waals surface area (Å²) in [5.41, 5.74) is 7.94. The molecule has 1 fully saturated rings. The summed E-state index contributed by atoms with van der Waals surface area (Å²) in [5.74, 6) is -0.150. The molecule has 0 atom stereocenters. The lowest BCUT2D eigenvalue weighted by Crippen LogP contribution is -2.47. The van der Waals surface area contributed by atoms with Crippen LogP contribution in [0.3, 0.4) is 0 Å². The molecule has 3 amide bonds. The van der Waals surface area contributed by atoms with Crippen LogP contribution in [0.4, 0.5) is 11.4 Å². The van der Waals surface area contributed by atoms with Crippen LogP contribution in [0.2, 0.25) is 0 Å². The topological polar surface area (TPSA) is 153 Å². The van der Waals surface area contributed by atoms with Gasteiger partial charge in [-0.15, -0.1) is 0 Å². The van der Waals surface area contributed by atoms with Crippen molar-refractivity contribution in [2.45, 2.75) is 46.0 Å². The summed E-state index contributed by atoms with van der Waals surface area (Å²) < 4.78 is 22.8. The summed E-state index contributed by atoms with van der Waals surface area (Å²) in [6, 6.07) is 17.1. The van der Waals surface area contributed by atoms with Crippen LogP contribution in [0.5, 0.6) is 17.2 Å². The number of carbonyl (C=O) groups excluding carboxylic acids is 4. The molecule has 4 rings (SSSR count). The average molecular weight is 732 g/mol. The first-order valence-corrected chi connectivity index (χ1v) is 18.2. The zero-order valence-electron chi connectivity index (χ0n) is 31.4. The monoisotopic (exact) mass is 731 g/mol. The number of nitrogens with one attached hydrogen (secondary N) is 1. The number of esters is 1. The van der Waals surface area contributed by atoms with Gasteiger partial charge in [0.2, 0.25) is 5.91 Å². The van der Waals surface area contributed by atoms with Crippen molar-refractivity contribution in [3.8, 4) is 17.2 Å². The Morgan fingerprint density at radius 3 is 2.32 bits per heavy atom. The van der Waals surface area contributed by atoms with E-state index in [1.54, 1.807) is 50.4 Å². The fraction of sp³-hybridized carbons (Fsp3) is 0.450. The van der Waals surface area contributed by atoms with Crippen LogP contribution in [-0.4, -0.2) is 107 Å². The van der Waals surface area contributed by atoms with Crippen molar-refractivity contribution in [3.05, 3.63) is 77.4 Å². The summed E-state index contributed by atoms with van der Waals surface area (Å²) in [4.78, 5) is 57.8. The highest BCUT2D eigenvalue weighted by Crippen LogP contribution is 2.33. The van der Waals surface area contributed by atoms with E-state index in [0.29, 0.717) is 55.4 Å². The van der Waals surface area contributed by atoms with Crippen molar-refractivity contribution >= 4 is 35.1 Å². The smallest absolute Gasteiger partial charge is 0.344 e. The lowest BCUT2D eigenvalue weighted by Gasteiger charge is -2.32. The Hall–Kier alpha value is -5.14. The Kier molecular flexibility index (Phi) is 15.9. The third-order valence-electron chi connectivity index (χ3n) is 8.80. The number of benzene rings is 3. The number of piperazine rings is 1. The van der Waals surface area contributed by atoms with Crippen molar-refractivity contribution in [2.75, 3.05) is 83.5 Å². The van der Waals surface area contributed by atoms with E-state index in [2.05, 4.69) is 17.3 Å². The maximum atomic E-state index is 13.9. The lowest BCUT2D eigenvalue weighted by molar-refractivity contribution is -0.145. The van der Waals surface area contributed by atoms with Gasteiger partial charge in [0.15, 0.2) is 6.61 Å². The molecule has 3 N–H and O–H groups in total. The molecular weight excluding hydrogens is 678 g/mol. The van der Waals surface area contributed by atoms with Crippen LogP contribution < -0.4 is 30.2 Å². The molecule has 3 aromatic carbocycles. The molecule has 0 aromatic heterocycles. The fourth-order valence-electron chi connectivity index (χ4n) is 5.72. The quantitative estimate of drug-likeness (QED) is 0.129. The molecule has 0 aliphatic carbocycles. The molecule has 3 aromatic rings. The second-order valence-electron chi connectivity index (χ2n) is 12.9. The Morgan fingerprint density at radius 2 is 1.57 bits per heavy atom. The first-order chi connectivity index (χ1) is 25.6. The predicted molar refractivity (Wildman–Crippen MR) is 204 cm³/mol. The van der Waals surface area contributed by atoms with Gasteiger partial charge in [0.05, 0.1) is 36.8 Å². The number of carbonyl (C=O) groups is 4. The van der Waals surface area contributed by atoms with E-state index in [0.717, 1.165) is 51.0 Å². The molecular formula is C40H53N5O8. The van der Waals surface area contributed by atoms with Gasteiger partial charge in [-0.1, -0.05) is 18.2 Å². The van der Waals surface area contributed by atoms with Crippen molar-refractivity contribution in [2.24, 2.45) is 5.73 Å². The molecule has 0 saturated carbocycles. The van der Waals surface area contributed by atoms with E-state index in [9.17, 15) is 19.2 Å². The second kappa shape index (κ2) is 20.8. The number of nitrogens with zero attached hydrogens (tertiary/aromatic N) is 3. The van der Waals surface area contributed by atoms with Crippen molar-refractivity contribution in [3.63, 3.8) is 0 Å². The number of hydrogen-bond acceptors (Lipinski definition) is 10. The van der Waals surface area contributed by atoms with Crippen LogP contribution in [-0.2, 0) is 14.3 Å². The van der Waals surface area contributed by atoms with Crippen LogP contribution in [0.25, 0.3) is 0 Å². The summed E-state index contributed by atoms with van der Waals surface area (Å²) in [7, 11) is 3.72. The highest BCUT2D eigenvalue weighted by atomic mass is 16.6. The minimum absolute atomic E-state index is 0.110. The standard InChI is InChI=1S/C40H53N5O8/c1-5-50-38(47)28-53-35-27-30(16-17-32(35)42-39(48)31-12-8-9-13-34(31)51-25-11-19-41)40(49)44(4)33-18-15-29(2)26-36(33)52-24-10-6-7-14-37(46)45-22-20-43(3)21-23-45/h8-9,12-13,15-18,26-27H,5-7,10-11,14,19-25,28,41H2,1-4H3,(H,42,48). The summed E-state index contributed by atoms with van der Waals surface area (Å²) in [6.07, 6.45) is 3.56. The predicted octanol–water partition coefficient (Wildman–Crippen LogP) is 4.91. The normalized spacial score (nSPS) is 12.9. The molecule has 0 spiro atoms. The fourth-order valence-corrected chi connectivity index (χ4v) is 5.72. The SMILES string of the molecule is CCOC(=O)COc1cc(C(=O)N(C)c2ccc(C)cc2OCCCCCC(=O)N2CCN(C)CC2)ccc1NC(=O)c1ccccc1OCCCN.